The molecule has 23 nitrogen and oxygen atoms in total. The lowest BCUT2D eigenvalue weighted by atomic mass is 9.94. The first kappa shape index (κ1) is 42.7. The summed E-state index contributed by atoms with van der Waals surface area (Å²) in [5.74, 6) is -5.08. The van der Waals surface area contributed by atoms with Crippen LogP contribution >= 0.6 is 0 Å². The van der Waals surface area contributed by atoms with Crippen LogP contribution in [0.3, 0.4) is 0 Å². The van der Waals surface area contributed by atoms with Crippen LogP contribution in [0.1, 0.15) is 27.7 Å². The van der Waals surface area contributed by atoms with Gasteiger partial charge in [0.25, 0.3) is 0 Å². The summed E-state index contributed by atoms with van der Waals surface area (Å²) in [6.45, 7) is 3.59. The quantitative estimate of drug-likeness (QED) is 0.0785. The van der Waals surface area contributed by atoms with E-state index in [1.165, 1.54) is 6.92 Å². The number of nitrogens with one attached hydrogen (secondary N) is 2. The molecule has 51 heavy (non-hydrogen) atoms. The monoisotopic (exact) mass is 746 g/mol. The predicted molar refractivity (Wildman–Crippen MR) is 158 cm³/mol. The van der Waals surface area contributed by atoms with Crippen LogP contribution in [0, 0.1) is 0 Å². The van der Waals surface area contributed by atoms with Crippen molar-refractivity contribution in [3.63, 3.8) is 0 Å². The summed E-state index contributed by atoms with van der Waals surface area (Å²) in [7, 11) is 0. The van der Waals surface area contributed by atoms with Crippen molar-refractivity contribution >= 4 is 23.8 Å². The molecule has 3 heterocycles. The minimum atomic E-state index is -2.23. The second kappa shape index (κ2) is 17.9. The molecule has 0 bridgehead atoms. The minimum Gasteiger partial charge on any atom is -0.479 e. The molecular formula is C28H46N2O21. The zero-order valence-corrected chi connectivity index (χ0v) is 27.7. The van der Waals surface area contributed by atoms with E-state index in [0.717, 1.165) is 20.8 Å². The standard InChI is InChI=1S/C28H46N2O21/c1-6(32)12(35)19(10(5-31)29-8(3)33)47-28-18(41)16(39)21(23(51-28)25(44)45)49-26-11(30-9(4)34)20(13(36)7(2)46-26)48-27-17(40)14(37)15(38)22(50-27)24(42)43/h6-7,10-23,26-28,31-32,35-41H,5H2,1-4H3,(H,29,33)(H,30,34)(H,42,43)(H,44,45). The molecular weight excluding hydrogens is 700 g/mol. The minimum absolute atomic E-state index is 0.703. The van der Waals surface area contributed by atoms with Crippen LogP contribution in [-0.2, 0) is 47.6 Å². The number of hydrogen-bond donors (Lipinski definition) is 13. The van der Waals surface area contributed by atoms with Gasteiger partial charge in [0, 0.05) is 13.8 Å². The summed E-state index contributed by atoms with van der Waals surface area (Å²) in [6, 6.07) is -3.11. The van der Waals surface area contributed by atoms with Crippen molar-refractivity contribution in [3.05, 3.63) is 0 Å². The second-order valence-electron chi connectivity index (χ2n) is 12.4. The molecule has 13 N–H and O–H groups in total. The van der Waals surface area contributed by atoms with E-state index < -0.39 is 147 Å². The van der Waals surface area contributed by atoms with Gasteiger partial charge >= 0.3 is 11.9 Å². The summed E-state index contributed by atoms with van der Waals surface area (Å²) < 4.78 is 33.1. The van der Waals surface area contributed by atoms with Crippen LogP contribution < -0.4 is 10.6 Å². The Hall–Kier alpha value is -2.72. The smallest absolute Gasteiger partial charge is 0.335 e. The van der Waals surface area contributed by atoms with E-state index >= 15 is 0 Å². The maximum Gasteiger partial charge on any atom is 0.335 e. The Labute approximate surface area is 289 Å². The zero-order valence-electron chi connectivity index (χ0n) is 27.7. The fourth-order valence-corrected chi connectivity index (χ4v) is 5.79. The summed E-state index contributed by atoms with van der Waals surface area (Å²) in [5, 5.41) is 118. The Morgan fingerprint density at radius 2 is 1.25 bits per heavy atom. The van der Waals surface area contributed by atoms with Gasteiger partial charge in [-0.15, -0.1) is 0 Å². The predicted octanol–water partition coefficient (Wildman–Crippen LogP) is -7.59. The van der Waals surface area contributed by atoms with Gasteiger partial charge in [0.2, 0.25) is 11.8 Å². The SMILES string of the molecule is CC(=O)NC(CO)C(OC1OC(C(=O)O)C(OC2OC(C)C(O)C(OC3OC(C(=O)O)C(O)C(O)C3O)C2NC(C)=O)C(O)C1O)C(O)C(C)O. The van der Waals surface area contributed by atoms with Crippen molar-refractivity contribution in [2.24, 2.45) is 0 Å². The molecule has 0 spiro atoms. The summed E-state index contributed by atoms with van der Waals surface area (Å²) in [4.78, 5) is 47.9. The average molecular weight is 747 g/mol. The lowest BCUT2D eigenvalue weighted by molar-refractivity contribution is -0.361. The molecule has 3 aliphatic rings. The molecule has 0 aliphatic carbocycles. The lowest BCUT2D eigenvalue weighted by Crippen LogP contribution is -2.69. The Morgan fingerprint density at radius 3 is 1.76 bits per heavy atom. The topological polar surface area (TPSA) is 370 Å². The van der Waals surface area contributed by atoms with Gasteiger partial charge in [-0.3, -0.25) is 9.59 Å². The number of carboxylic acid groups (broad SMARTS) is 2. The van der Waals surface area contributed by atoms with Gasteiger partial charge < -0.3 is 95.2 Å². The number of aliphatic hydroxyl groups is 9. The Morgan fingerprint density at radius 1 is 0.706 bits per heavy atom. The fraction of sp³-hybridized carbons (Fsp3) is 0.857. The summed E-state index contributed by atoms with van der Waals surface area (Å²) >= 11 is 0. The summed E-state index contributed by atoms with van der Waals surface area (Å²) in [5.41, 5.74) is 0. The van der Waals surface area contributed by atoms with E-state index in [1.807, 2.05) is 0 Å². The third-order valence-electron chi connectivity index (χ3n) is 8.47. The van der Waals surface area contributed by atoms with E-state index in [0.29, 0.717) is 0 Å². The molecule has 19 atom stereocenters. The average Bonchev–Trinajstić information content (AvgIpc) is 3.04. The van der Waals surface area contributed by atoms with Gasteiger partial charge in [-0.1, -0.05) is 0 Å². The number of aliphatic hydroxyl groups excluding tert-OH is 9. The maximum atomic E-state index is 12.4. The number of carbonyl (C=O) groups excluding carboxylic acids is 2. The Kier molecular flexibility index (Phi) is 15.0. The number of rotatable bonds is 14. The number of aliphatic carboxylic acids is 2. The van der Waals surface area contributed by atoms with Gasteiger partial charge in [0.05, 0.1) is 24.9 Å². The van der Waals surface area contributed by atoms with Crippen LogP contribution in [0.5, 0.6) is 0 Å². The van der Waals surface area contributed by atoms with Crippen LogP contribution in [0.4, 0.5) is 0 Å². The molecule has 3 saturated heterocycles. The lowest BCUT2D eigenvalue weighted by Gasteiger charge is -2.49. The van der Waals surface area contributed by atoms with Crippen molar-refractivity contribution < 1.29 is 104 Å². The molecule has 23 heteroatoms. The molecule has 3 aliphatic heterocycles. The number of hydrogen-bond acceptors (Lipinski definition) is 19. The first-order valence-corrected chi connectivity index (χ1v) is 15.7. The Bertz CT molecular complexity index is 1210. The normalized spacial score (nSPS) is 41.1. The van der Waals surface area contributed by atoms with E-state index in [1.54, 1.807) is 0 Å². The zero-order chi connectivity index (χ0) is 38.6. The molecule has 294 valence electrons. The van der Waals surface area contributed by atoms with Crippen molar-refractivity contribution in [1.82, 2.24) is 10.6 Å². The number of amides is 2. The highest BCUT2D eigenvalue weighted by atomic mass is 16.8. The molecule has 3 fully saturated rings. The maximum absolute atomic E-state index is 12.4. The van der Waals surface area contributed by atoms with Crippen molar-refractivity contribution in [3.8, 4) is 0 Å². The Balaban J connectivity index is 1.92. The first-order chi connectivity index (χ1) is 23.7. The van der Waals surface area contributed by atoms with Gasteiger partial charge in [-0.05, 0) is 13.8 Å². The number of ether oxygens (including phenoxy) is 6. The third kappa shape index (κ3) is 9.83. The number of carboxylic acids is 2. The molecule has 3 rings (SSSR count). The molecule has 0 aromatic heterocycles. The molecule has 0 aromatic carbocycles. The highest BCUT2D eigenvalue weighted by Crippen LogP contribution is 2.33. The highest BCUT2D eigenvalue weighted by Gasteiger charge is 2.56. The molecule has 0 aromatic rings. The van der Waals surface area contributed by atoms with Crippen LogP contribution in [0.15, 0.2) is 0 Å². The van der Waals surface area contributed by atoms with Crippen molar-refractivity contribution in [2.75, 3.05) is 6.61 Å². The first-order valence-electron chi connectivity index (χ1n) is 15.7. The summed E-state index contributed by atoms with van der Waals surface area (Å²) in [6.07, 6.45) is -33.1. The van der Waals surface area contributed by atoms with Gasteiger partial charge in [0.1, 0.15) is 67.1 Å². The van der Waals surface area contributed by atoms with E-state index in [2.05, 4.69) is 10.6 Å². The van der Waals surface area contributed by atoms with Crippen molar-refractivity contribution in [2.45, 2.75) is 144 Å². The molecule has 2 amide bonds. The van der Waals surface area contributed by atoms with Crippen LogP contribution in [-0.4, -0.2) is 203 Å². The number of carbonyl (C=O) groups is 4. The third-order valence-corrected chi connectivity index (χ3v) is 8.47. The van der Waals surface area contributed by atoms with Crippen molar-refractivity contribution in [1.29, 1.82) is 0 Å². The fourth-order valence-electron chi connectivity index (χ4n) is 5.79. The molecule has 19 unspecified atom stereocenters. The molecule has 0 radical (unpaired) electrons. The van der Waals surface area contributed by atoms with Crippen LogP contribution in [0.25, 0.3) is 0 Å². The second-order valence-corrected chi connectivity index (χ2v) is 12.4. The van der Waals surface area contributed by atoms with Gasteiger partial charge in [0.15, 0.2) is 31.1 Å². The van der Waals surface area contributed by atoms with Gasteiger partial charge in [-0.25, -0.2) is 9.59 Å². The van der Waals surface area contributed by atoms with E-state index in [-0.39, 0.29) is 0 Å². The highest BCUT2D eigenvalue weighted by molar-refractivity contribution is 5.74. The van der Waals surface area contributed by atoms with Gasteiger partial charge in [-0.2, -0.15) is 0 Å². The van der Waals surface area contributed by atoms with E-state index in [4.69, 9.17) is 28.4 Å². The van der Waals surface area contributed by atoms with Crippen LogP contribution in [0.2, 0.25) is 0 Å². The molecule has 0 saturated carbocycles. The largest absolute Gasteiger partial charge is 0.479 e. The van der Waals surface area contributed by atoms with E-state index in [9.17, 15) is 75.3 Å².